The molecule has 2 aromatic carbocycles. The molecule has 0 unspecified atom stereocenters. The standard InChI is InChI=1S/C20H23F3N2O3S/c1-16-7-8-18(15-19(16)20(21,22)23)29(26,27)25(17-5-3-2-4-6-17)10-9-24-11-13-28-14-12-24/h2-8,15H,9-14H2,1H3. The molecule has 1 saturated heterocycles. The van der Waals surface area contributed by atoms with E-state index in [1.165, 1.54) is 23.4 Å². The second kappa shape index (κ2) is 8.73. The number of morpholine rings is 1. The van der Waals surface area contributed by atoms with Crippen molar-refractivity contribution in [1.82, 2.24) is 4.90 Å². The van der Waals surface area contributed by atoms with Gasteiger partial charge in [-0.05, 0) is 36.8 Å². The lowest BCUT2D eigenvalue weighted by Crippen LogP contribution is -2.43. The van der Waals surface area contributed by atoms with Crippen LogP contribution in [0, 0.1) is 6.92 Å². The number of benzene rings is 2. The van der Waals surface area contributed by atoms with E-state index in [0.717, 1.165) is 6.07 Å². The van der Waals surface area contributed by atoms with Gasteiger partial charge in [-0.1, -0.05) is 24.3 Å². The molecule has 9 heteroatoms. The highest BCUT2D eigenvalue weighted by atomic mass is 32.2. The number of hydrogen-bond donors (Lipinski definition) is 0. The summed E-state index contributed by atoms with van der Waals surface area (Å²) in [5, 5.41) is 0. The van der Waals surface area contributed by atoms with Crippen LogP contribution in [0.15, 0.2) is 53.4 Å². The third kappa shape index (κ3) is 5.09. The van der Waals surface area contributed by atoms with Crippen molar-refractivity contribution < 1.29 is 26.3 Å². The third-order valence-corrected chi connectivity index (χ3v) is 6.69. The van der Waals surface area contributed by atoms with Crippen LogP contribution < -0.4 is 4.31 Å². The van der Waals surface area contributed by atoms with Crippen LogP contribution in [0.2, 0.25) is 0 Å². The highest BCUT2D eigenvalue weighted by Gasteiger charge is 2.35. The second-order valence-electron chi connectivity index (χ2n) is 6.84. The van der Waals surface area contributed by atoms with Crippen molar-refractivity contribution in [2.24, 2.45) is 0 Å². The molecule has 1 heterocycles. The van der Waals surface area contributed by atoms with Gasteiger partial charge in [0.15, 0.2) is 0 Å². The monoisotopic (exact) mass is 428 g/mol. The Bertz CT molecular complexity index is 928. The fourth-order valence-electron chi connectivity index (χ4n) is 3.23. The van der Waals surface area contributed by atoms with Crippen LogP contribution in [0.5, 0.6) is 0 Å². The van der Waals surface area contributed by atoms with Crippen molar-refractivity contribution in [1.29, 1.82) is 0 Å². The number of para-hydroxylation sites is 1. The molecule has 0 saturated carbocycles. The number of halogens is 3. The summed E-state index contributed by atoms with van der Waals surface area (Å²) >= 11 is 0. The molecule has 3 rings (SSSR count). The molecule has 0 spiro atoms. The summed E-state index contributed by atoms with van der Waals surface area (Å²) in [5.74, 6) is 0. The summed E-state index contributed by atoms with van der Waals surface area (Å²) in [4.78, 5) is 1.70. The Morgan fingerprint density at radius 1 is 1.07 bits per heavy atom. The van der Waals surface area contributed by atoms with Crippen LogP contribution in [0.4, 0.5) is 18.9 Å². The topological polar surface area (TPSA) is 49.9 Å². The zero-order valence-corrected chi connectivity index (χ0v) is 16.8. The molecule has 0 aromatic heterocycles. The van der Waals surface area contributed by atoms with Gasteiger partial charge in [0.25, 0.3) is 10.0 Å². The molecule has 29 heavy (non-hydrogen) atoms. The Morgan fingerprint density at radius 2 is 1.72 bits per heavy atom. The van der Waals surface area contributed by atoms with E-state index < -0.39 is 21.8 Å². The quantitative estimate of drug-likeness (QED) is 0.706. The molecule has 0 amide bonds. The van der Waals surface area contributed by atoms with Gasteiger partial charge in [0.2, 0.25) is 0 Å². The van der Waals surface area contributed by atoms with Crippen molar-refractivity contribution in [2.75, 3.05) is 43.7 Å². The SMILES string of the molecule is Cc1ccc(S(=O)(=O)N(CCN2CCOCC2)c2ccccc2)cc1C(F)(F)F. The minimum atomic E-state index is -4.62. The second-order valence-corrected chi connectivity index (χ2v) is 8.70. The highest BCUT2D eigenvalue weighted by molar-refractivity contribution is 7.92. The maximum Gasteiger partial charge on any atom is 0.416 e. The summed E-state index contributed by atoms with van der Waals surface area (Å²) in [7, 11) is -4.18. The first-order valence-corrected chi connectivity index (χ1v) is 10.7. The number of aryl methyl sites for hydroxylation is 1. The predicted octanol–water partition coefficient (Wildman–Crippen LogP) is 3.54. The Kier molecular flexibility index (Phi) is 6.50. The Hall–Kier alpha value is -2.10. The predicted molar refractivity (Wildman–Crippen MR) is 104 cm³/mol. The number of rotatable bonds is 6. The van der Waals surface area contributed by atoms with E-state index in [9.17, 15) is 21.6 Å². The molecule has 0 radical (unpaired) electrons. The van der Waals surface area contributed by atoms with Crippen LogP contribution in [0.25, 0.3) is 0 Å². The Morgan fingerprint density at radius 3 is 2.34 bits per heavy atom. The van der Waals surface area contributed by atoms with Gasteiger partial charge in [-0.15, -0.1) is 0 Å². The first-order valence-electron chi connectivity index (χ1n) is 9.25. The van der Waals surface area contributed by atoms with Gasteiger partial charge in [-0.3, -0.25) is 9.21 Å². The van der Waals surface area contributed by atoms with E-state index in [0.29, 0.717) is 38.5 Å². The van der Waals surface area contributed by atoms with E-state index in [1.807, 2.05) is 0 Å². The van der Waals surface area contributed by atoms with Crippen LogP contribution in [0.1, 0.15) is 11.1 Å². The van der Waals surface area contributed by atoms with Crippen molar-refractivity contribution >= 4 is 15.7 Å². The molecule has 1 fully saturated rings. The van der Waals surface area contributed by atoms with E-state index in [-0.39, 0.29) is 17.0 Å². The molecule has 0 atom stereocenters. The third-order valence-electron chi connectivity index (χ3n) is 4.87. The fraction of sp³-hybridized carbons (Fsp3) is 0.400. The van der Waals surface area contributed by atoms with Gasteiger partial charge in [0.1, 0.15) is 0 Å². The van der Waals surface area contributed by atoms with Crippen LogP contribution in [-0.4, -0.2) is 52.7 Å². The van der Waals surface area contributed by atoms with Gasteiger partial charge in [-0.2, -0.15) is 13.2 Å². The average Bonchev–Trinajstić information content (AvgIpc) is 2.69. The lowest BCUT2D eigenvalue weighted by Gasteiger charge is -2.31. The number of hydrogen-bond acceptors (Lipinski definition) is 4. The summed E-state index contributed by atoms with van der Waals surface area (Å²) in [6.45, 7) is 4.41. The minimum Gasteiger partial charge on any atom is -0.379 e. The summed E-state index contributed by atoms with van der Waals surface area (Å²) in [5.41, 5.74) is -0.550. The van der Waals surface area contributed by atoms with Crippen LogP contribution in [-0.2, 0) is 20.9 Å². The number of nitrogens with zero attached hydrogens (tertiary/aromatic N) is 2. The van der Waals surface area contributed by atoms with Gasteiger partial charge in [-0.25, -0.2) is 8.42 Å². The maximum atomic E-state index is 13.3. The largest absolute Gasteiger partial charge is 0.416 e. The van der Waals surface area contributed by atoms with Gasteiger partial charge in [0, 0.05) is 26.2 Å². The number of sulfonamides is 1. The fourth-order valence-corrected chi connectivity index (χ4v) is 4.72. The zero-order chi connectivity index (χ0) is 21.1. The van der Waals surface area contributed by atoms with Crippen molar-refractivity contribution in [3.63, 3.8) is 0 Å². The molecule has 1 aliphatic rings. The van der Waals surface area contributed by atoms with E-state index in [1.54, 1.807) is 30.3 Å². The summed E-state index contributed by atoms with van der Waals surface area (Å²) < 4.78 is 73.0. The minimum absolute atomic E-state index is 0.0176. The van der Waals surface area contributed by atoms with E-state index in [2.05, 4.69) is 4.90 Å². The number of alkyl halides is 3. The smallest absolute Gasteiger partial charge is 0.379 e. The highest BCUT2D eigenvalue weighted by Crippen LogP contribution is 2.34. The van der Waals surface area contributed by atoms with Gasteiger partial charge < -0.3 is 4.74 Å². The van der Waals surface area contributed by atoms with Gasteiger partial charge >= 0.3 is 6.18 Å². The zero-order valence-electron chi connectivity index (χ0n) is 16.0. The molecule has 5 nitrogen and oxygen atoms in total. The lowest BCUT2D eigenvalue weighted by atomic mass is 10.1. The first kappa shape index (κ1) is 21.6. The normalized spacial score (nSPS) is 16.0. The van der Waals surface area contributed by atoms with Crippen LogP contribution in [0.3, 0.4) is 0 Å². The molecule has 0 N–H and O–H groups in total. The van der Waals surface area contributed by atoms with E-state index >= 15 is 0 Å². The molecular formula is C20H23F3N2O3S. The average molecular weight is 428 g/mol. The first-order chi connectivity index (χ1) is 13.7. The molecule has 1 aliphatic heterocycles. The molecular weight excluding hydrogens is 405 g/mol. The molecule has 158 valence electrons. The molecule has 2 aromatic rings. The number of anilines is 1. The van der Waals surface area contributed by atoms with Crippen molar-refractivity contribution in [3.05, 3.63) is 59.7 Å². The van der Waals surface area contributed by atoms with Crippen LogP contribution >= 0.6 is 0 Å². The van der Waals surface area contributed by atoms with E-state index in [4.69, 9.17) is 4.74 Å². The summed E-state index contributed by atoms with van der Waals surface area (Å²) in [6.07, 6.45) is -4.62. The van der Waals surface area contributed by atoms with Crippen molar-refractivity contribution in [2.45, 2.75) is 18.0 Å². The van der Waals surface area contributed by atoms with Gasteiger partial charge in [0.05, 0.1) is 29.4 Å². The van der Waals surface area contributed by atoms with Crippen molar-refractivity contribution in [3.8, 4) is 0 Å². The number of ether oxygens (including phenoxy) is 1. The molecule has 0 bridgehead atoms. The maximum absolute atomic E-state index is 13.3. The molecule has 0 aliphatic carbocycles. The summed E-state index contributed by atoms with van der Waals surface area (Å²) in [6, 6.07) is 11.6. The Labute approximate surface area is 168 Å². The lowest BCUT2D eigenvalue weighted by molar-refractivity contribution is -0.138. The Balaban J connectivity index is 1.95.